The van der Waals surface area contributed by atoms with Gasteiger partial charge in [0.2, 0.25) is 0 Å². The van der Waals surface area contributed by atoms with E-state index in [-0.39, 0.29) is 17.9 Å². The molecule has 0 aliphatic heterocycles. The van der Waals surface area contributed by atoms with Crippen LogP contribution in [0.15, 0.2) is 48.5 Å². The molecule has 160 valence electrons. The van der Waals surface area contributed by atoms with Gasteiger partial charge in [-0.15, -0.1) is 0 Å². The monoisotopic (exact) mass is 410 g/mol. The molecular weight excluding hydrogens is 380 g/mol. The molecule has 0 aromatic heterocycles. The van der Waals surface area contributed by atoms with Crippen LogP contribution >= 0.6 is 0 Å². The van der Waals surface area contributed by atoms with Gasteiger partial charge in [-0.2, -0.15) is 0 Å². The quantitative estimate of drug-likeness (QED) is 0.669. The van der Waals surface area contributed by atoms with E-state index in [1.165, 1.54) is 6.42 Å². The number of para-hydroxylation sites is 3. The summed E-state index contributed by atoms with van der Waals surface area (Å²) in [6.45, 7) is 1.88. The van der Waals surface area contributed by atoms with Gasteiger partial charge >= 0.3 is 0 Å². The number of nitrogens with one attached hydrogen (secondary N) is 2. The molecule has 1 atom stereocenters. The second-order valence-corrected chi connectivity index (χ2v) is 7.51. The molecule has 1 saturated carbocycles. The third-order valence-electron chi connectivity index (χ3n) is 5.37. The minimum Gasteiger partial charge on any atom is -0.493 e. The summed E-state index contributed by atoms with van der Waals surface area (Å²) >= 11 is 0. The van der Waals surface area contributed by atoms with Crippen LogP contribution in [0.2, 0.25) is 0 Å². The predicted molar refractivity (Wildman–Crippen MR) is 117 cm³/mol. The zero-order valence-electron chi connectivity index (χ0n) is 17.6. The molecule has 1 unspecified atom stereocenters. The molecule has 3 rings (SSSR count). The standard InChI is InChI=1S/C24H30N2O4/c1-3-20(30-22-16-10-9-15-21(22)29-2)24(28)26-19-14-8-7-13-18(19)23(27)25-17-11-5-4-6-12-17/h7-10,13-17,20H,3-6,11-12H2,1-2H3,(H,25,27)(H,26,28). The number of rotatable bonds is 8. The largest absolute Gasteiger partial charge is 0.493 e. The van der Waals surface area contributed by atoms with Crippen molar-refractivity contribution in [1.29, 1.82) is 0 Å². The van der Waals surface area contributed by atoms with Gasteiger partial charge in [0.1, 0.15) is 0 Å². The Kier molecular flexibility index (Phi) is 7.71. The zero-order chi connectivity index (χ0) is 21.3. The van der Waals surface area contributed by atoms with E-state index in [1.807, 2.05) is 19.1 Å². The number of hydrogen-bond acceptors (Lipinski definition) is 4. The summed E-state index contributed by atoms with van der Waals surface area (Å²) in [6, 6.07) is 14.5. The van der Waals surface area contributed by atoms with E-state index < -0.39 is 6.10 Å². The third kappa shape index (κ3) is 5.53. The first-order chi connectivity index (χ1) is 14.6. The fourth-order valence-corrected chi connectivity index (χ4v) is 3.71. The van der Waals surface area contributed by atoms with E-state index in [1.54, 1.807) is 43.5 Å². The molecular formula is C24H30N2O4. The van der Waals surface area contributed by atoms with Gasteiger partial charge < -0.3 is 20.1 Å². The van der Waals surface area contributed by atoms with Gasteiger partial charge in [0.05, 0.1) is 18.4 Å². The highest BCUT2D eigenvalue weighted by atomic mass is 16.5. The number of carbonyl (C=O) groups excluding carboxylic acids is 2. The number of benzene rings is 2. The summed E-state index contributed by atoms with van der Waals surface area (Å²) in [5.74, 6) is 0.610. The van der Waals surface area contributed by atoms with Crippen LogP contribution in [0.3, 0.4) is 0 Å². The molecule has 2 N–H and O–H groups in total. The van der Waals surface area contributed by atoms with Crippen LogP contribution in [-0.4, -0.2) is 31.1 Å². The van der Waals surface area contributed by atoms with Gasteiger partial charge in [-0.1, -0.05) is 50.5 Å². The van der Waals surface area contributed by atoms with E-state index >= 15 is 0 Å². The second kappa shape index (κ2) is 10.7. The average Bonchev–Trinajstić information content (AvgIpc) is 2.78. The Bertz CT molecular complexity index is 862. The second-order valence-electron chi connectivity index (χ2n) is 7.51. The lowest BCUT2D eigenvalue weighted by Gasteiger charge is -2.23. The van der Waals surface area contributed by atoms with E-state index in [0.717, 1.165) is 25.7 Å². The SMILES string of the molecule is CCC(Oc1ccccc1OC)C(=O)Nc1ccccc1C(=O)NC1CCCCC1. The first kappa shape index (κ1) is 21.7. The van der Waals surface area contributed by atoms with Gasteiger partial charge in [-0.3, -0.25) is 9.59 Å². The van der Waals surface area contributed by atoms with Crippen molar-refractivity contribution in [2.75, 3.05) is 12.4 Å². The Balaban J connectivity index is 1.70. The molecule has 1 fully saturated rings. The van der Waals surface area contributed by atoms with Crippen LogP contribution < -0.4 is 20.1 Å². The lowest BCUT2D eigenvalue weighted by molar-refractivity contribution is -0.122. The van der Waals surface area contributed by atoms with Crippen molar-refractivity contribution >= 4 is 17.5 Å². The Hall–Kier alpha value is -3.02. The van der Waals surface area contributed by atoms with Crippen molar-refractivity contribution in [3.63, 3.8) is 0 Å². The maximum Gasteiger partial charge on any atom is 0.265 e. The molecule has 6 heteroatoms. The molecule has 1 aliphatic rings. The Morgan fingerprint density at radius 1 is 1.00 bits per heavy atom. The molecule has 0 saturated heterocycles. The molecule has 0 bridgehead atoms. The maximum absolute atomic E-state index is 12.9. The lowest BCUT2D eigenvalue weighted by atomic mass is 9.95. The van der Waals surface area contributed by atoms with Crippen LogP contribution in [0, 0.1) is 0 Å². The molecule has 6 nitrogen and oxygen atoms in total. The van der Waals surface area contributed by atoms with Crippen molar-refractivity contribution in [2.45, 2.75) is 57.6 Å². The van der Waals surface area contributed by atoms with Gasteiger partial charge in [0.25, 0.3) is 11.8 Å². The third-order valence-corrected chi connectivity index (χ3v) is 5.37. The van der Waals surface area contributed by atoms with Gasteiger partial charge in [-0.05, 0) is 43.5 Å². The molecule has 1 aliphatic carbocycles. The van der Waals surface area contributed by atoms with Crippen molar-refractivity contribution < 1.29 is 19.1 Å². The molecule has 0 radical (unpaired) electrons. The molecule has 2 aromatic carbocycles. The Morgan fingerprint density at radius 3 is 2.37 bits per heavy atom. The smallest absolute Gasteiger partial charge is 0.265 e. The van der Waals surface area contributed by atoms with Crippen molar-refractivity contribution in [1.82, 2.24) is 5.32 Å². The first-order valence-corrected chi connectivity index (χ1v) is 10.6. The van der Waals surface area contributed by atoms with Crippen LogP contribution in [0.4, 0.5) is 5.69 Å². The molecule has 30 heavy (non-hydrogen) atoms. The van der Waals surface area contributed by atoms with Crippen molar-refractivity contribution in [3.05, 3.63) is 54.1 Å². The fourth-order valence-electron chi connectivity index (χ4n) is 3.71. The highest BCUT2D eigenvalue weighted by Crippen LogP contribution is 2.28. The minimum atomic E-state index is -0.712. The minimum absolute atomic E-state index is 0.156. The number of hydrogen-bond donors (Lipinski definition) is 2. The van der Waals surface area contributed by atoms with E-state index in [2.05, 4.69) is 10.6 Å². The van der Waals surface area contributed by atoms with Gasteiger partial charge in [-0.25, -0.2) is 0 Å². The van der Waals surface area contributed by atoms with E-state index in [9.17, 15) is 9.59 Å². The molecule has 0 spiro atoms. The summed E-state index contributed by atoms with van der Waals surface area (Å²) < 4.78 is 11.2. The van der Waals surface area contributed by atoms with Crippen LogP contribution in [-0.2, 0) is 4.79 Å². The average molecular weight is 411 g/mol. The number of carbonyl (C=O) groups is 2. The summed E-state index contributed by atoms with van der Waals surface area (Å²) in [7, 11) is 1.56. The highest BCUT2D eigenvalue weighted by molar-refractivity contribution is 6.04. The zero-order valence-corrected chi connectivity index (χ0v) is 17.6. The number of methoxy groups -OCH3 is 1. The van der Waals surface area contributed by atoms with Crippen LogP contribution in [0.25, 0.3) is 0 Å². The lowest BCUT2D eigenvalue weighted by Crippen LogP contribution is -2.37. The maximum atomic E-state index is 12.9. The first-order valence-electron chi connectivity index (χ1n) is 10.6. The molecule has 0 heterocycles. The number of amides is 2. The van der Waals surface area contributed by atoms with Crippen LogP contribution in [0.5, 0.6) is 11.5 Å². The van der Waals surface area contributed by atoms with E-state index in [0.29, 0.717) is 29.2 Å². The van der Waals surface area contributed by atoms with Gasteiger partial charge in [0, 0.05) is 6.04 Å². The summed E-state index contributed by atoms with van der Waals surface area (Å²) in [5, 5.41) is 5.98. The Labute approximate surface area is 178 Å². The number of ether oxygens (including phenoxy) is 2. The summed E-state index contributed by atoms with van der Waals surface area (Å²) in [5.41, 5.74) is 0.946. The van der Waals surface area contributed by atoms with Crippen molar-refractivity contribution in [3.8, 4) is 11.5 Å². The molecule has 2 aromatic rings. The van der Waals surface area contributed by atoms with Gasteiger partial charge in [0.15, 0.2) is 17.6 Å². The highest BCUT2D eigenvalue weighted by Gasteiger charge is 2.23. The molecule has 2 amide bonds. The topological polar surface area (TPSA) is 76.7 Å². The Morgan fingerprint density at radius 2 is 1.67 bits per heavy atom. The normalized spacial score (nSPS) is 15.1. The fraction of sp³-hybridized carbons (Fsp3) is 0.417. The summed E-state index contributed by atoms with van der Waals surface area (Å²) in [6.07, 6.45) is 5.28. The summed E-state index contributed by atoms with van der Waals surface area (Å²) in [4.78, 5) is 25.7. The predicted octanol–water partition coefficient (Wildman–Crippen LogP) is 4.55. The van der Waals surface area contributed by atoms with Crippen LogP contribution in [0.1, 0.15) is 55.8 Å². The van der Waals surface area contributed by atoms with E-state index in [4.69, 9.17) is 9.47 Å². The van der Waals surface area contributed by atoms with Crippen molar-refractivity contribution in [2.24, 2.45) is 0 Å². The number of anilines is 1.